The number of amides is 1. The van der Waals surface area contributed by atoms with Crippen molar-refractivity contribution in [1.82, 2.24) is 5.32 Å². The number of nitrogens with zero attached hydrogens (tertiary/aromatic N) is 2. The van der Waals surface area contributed by atoms with E-state index >= 15 is 0 Å². The minimum atomic E-state index is -0.214. The van der Waals surface area contributed by atoms with Gasteiger partial charge in [-0.25, -0.2) is 0 Å². The first kappa shape index (κ1) is 18.2. The molecule has 0 atom stereocenters. The van der Waals surface area contributed by atoms with Crippen molar-refractivity contribution >= 4 is 17.3 Å². The molecule has 0 aliphatic heterocycles. The Morgan fingerprint density at radius 2 is 1.52 bits per heavy atom. The van der Waals surface area contributed by atoms with Crippen molar-refractivity contribution in [1.29, 1.82) is 0 Å². The third-order valence-electron chi connectivity index (χ3n) is 3.12. The molecule has 2 aromatic carbocycles. The zero-order valence-corrected chi connectivity index (χ0v) is 14.1. The number of ether oxygens (including phenoxy) is 2. The first-order valence-corrected chi connectivity index (χ1v) is 7.99. The summed E-state index contributed by atoms with van der Waals surface area (Å²) in [5.74, 6) is 1.30. The molecule has 25 heavy (non-hydrogen) atoms. The molecule has 1 amide bonds. The predicted octanol–water partition coefficient (Wildman–Crippen LogP) is 4.18. The van der Waals surface area contributed by atoms with Gasteiger partial charge in [0, 0.05) is 0 Å². The summed E-state index contributed by atoms with van der Waals surface area (Å²) in [7, 11) is 0. The lowest BCUT2D eigenvalue weighted by Crippen LogP contribution is -2.26. The van der Waals surface area contributed by atoms with Crippen LogP contribution in [0.5, 0.6) is 11.5 Å². The van der Waals surface area contributed by atoms with E-state index in [0.29, 0.717) is 25.5 Å². The van der Waals surface area contributed by atoms with Crippen molar-refractivity contribution in [3.63, 3.8) is 0 Å². The Bertz CT molecular complexity index is 710. The highest BCUT2D eigenvalue weighted by atomic mass is 16.5. The molecule has 0 saturated carbocycles. The molecule has 1 N–H and O–H groups in total. The van der Waals surface area contributed by atoms with Gasteiger partial charge >= 0.3 is 0 Å². The number of nitrogens with one attached hydrogen (secondary N) is 1. The number of rotatable bonds is 9. The van der Waals surface area contributed by atoms with Crippen LogP contribution in [0.3, 0.4) is 0 Å². The molecule has 0 saturated heterocycles. The molecule has 6 heteroatoms. The molecular weight excluding hydrogens is 318 g/mol. The van der Waals surface area contributed by atoms with Crippen LogP contribution in [0, 0.1) is 0 Å². The monoisotopic (exact) mass is 339 g/mol. The molecule has 0 radical (unpaired) electrons. The zero-order valence-electron chi connectivity index (χ0n) is 14.1. The molecule has 0 aromatic heterocycles. The molecule has 2 aromatic rings. The van der Waals surface area contributed by atoms with Crippen LogP contribution in [-0.2, 0) is 4.79 Å². The van der Waals surface area contributed by atoms with Crippen molar-refractivity contribution in [3.8, 4) is 11.5 Å². The van der Waals surface area contributed by atoms with Crippen molar-refractivity contribution < 1.29 is 14.3 Å². The lowest BCUT2D eigenvalue weighted by Gasteiger charge is -2.06. The Labute approximate surface area is 147 Å². The zero-order chi connectivity index (χ0) is 17.9. The van der Waals surface area contributed by atoms with Crippen LogP contribution < -0.4 is 14.8 Å². The molecule has 0 bridgehead atoms. The van der Waals surface area contributed by atoms with Crippen LogP contribution in [-0.4, -0.2) is 25.7 Å². The van der Waals surface area contributed by atoms with Gasteiger partial charge in [-0.05, 0) is 61.5 Å². The van der Waals surface area contributed by atoms with Crippen LogP contribution in [0.2, 0.25) is 0 Å². The lowest BCUT2D eigenvalue weighted by atomic mass is 10.3. The summed E-state index contributed by atoms with van der Waals surface area (Å²) in [6, 6.07) is 14.7. The van der Waals surface area contributed by atoms with Crippen molar-refractivity contribution in [3.05, 3.63) is 61.2 Å². The van der Waals surface area contributed by atoms with Crippen LogP contribution in [0.15, 0.2) is 71.4 Å². The summed E-state index contributed by atoms with van der Waals surface area (Å²) in [6.45, 7) is 6.76. The predicted molar refractivity (Wildman–Crippen MR) is 96.9 cm³/mol. The molecule has 2 rings (SSSR count). The summed E-state index contributed by atoms with van der Waals surface area (Å²) in [5, 5.41) is 11.0. The Kier molecular flexibility index (Phi) is 7.18. The first-order chi connectivity index (χ1) is 12.2. The molecular formula is C19H21N3O3. The Balaban J connectivity index is 1.82. The minimum absolute atomic E-state index is 0.214. The normalized spacial score (nSPS) is 10.4. The van der Waals surface area contributed by atoms with E-state index in [9.17, 15) is 4.79 Å². The van der Waals surface area contributed by atoms with Crippen molar-refractivity contribution in [2.45, 2.75) is 6.92 Å². The summed E-state index contributed by atoms with van der Waals surface area (Å²) >= 11 is 0. The third kappa shape index (κ3) is 6.47. The quantitative estimate of drug-likeness (QED) is 0.423. The fraction of sp³-hybridized carbons (Fsp3) is 0.211. The Morgan fingerprint density at radius 1 is 1.00 bits per heavy atom. The van der Waals surface area contributed by atoms with Crippen LogP contribution in [0.4, 0.5) is 11.4 Å². The van der Waals surface area contributed by atoms with Crippen LogP contribution in [0.25, 0.3) is 0 Å². The highest BCUT2D eigenvalue weighted by Crippen LogP contribution is 2.23. The Hall–Kier alpha value is -3.15. The maximum absolute atomic E-state index is 11.0. The van der Waals surface area contributed by atoms with E-state index in [0.717, 1.165) is 17.1 Å². The maximum atomic E-state index is 11.0. The maximum Gasteiger partial charge on any atom is 0.243 e. The lowest BCUT2D eigenvalue weighted by molar-refractivity contribution is -0.116. The number of hydrogen-bond acceptors (Lipinski definition) is 5. The fourth-order valence-electron chi connectivity index (χ4n) is 1.92. The van der Waals surface area contributed by atoms with Gasteiger partial charge in [0.2, 0.25) is 5.91 Å². The van der Waals surface area contributed by atoms with Crippen LogP contribution >= 0.6 is 0 Å². The van der Waals surface area contributed by atoms with E-state index in [2.05, 4.69) is 22.1 Å². The molecule has 0 aliphatic carbocycles. The number of benzene rings is 2. The van der Waals surface area contributed by atoms with Gasteiger partial charge in [0.25, 0.3) is 0 Å². The topological polar surface area (TPSA) is 72.3 Å². The van der Waals surface area contributed by atoms with Gasteiger partial charge in [-0.2, -0.15) is 10.2 Å². The second-order valence-electron chi connectivity index (χ2n) is 4.96. The molecule has 0 aliphatic rings. The van der Waals surface area contributed by atoms with Gasteiger partial charge in [0.15, 0.2) is 0 Å². The minimum Gasteiger partial charge on any atom is -0.494 e. The van der Waals surface area contributed by atoms with Gasteiger partial charge in [-0.1, -0.05) is 6.58 Å². The van der Waals surface area contributed by atoms with E-state index in [1.54, 1.807) is 0 Å². The second-order valence-corrected chi connectivity index (χ2v) is 4.96. The third-order valence-corrected chi connectivity index (χ3v) is 3.12. The summed E-state index contributed by atoms with van der Waals surface area (Å²) in [4.78, 5) is 11.0. The number of azo groups is 1. The van der Waals surface area contributed by atoms with Crippen molar-refractivity contribution in [2.24, 2.45) is 10.2 Å². The number of hydrogen-bond donors (Lipinski definition) is 1. The van der Waals surface area contributed by atoms with E-state index in [1.807, 2.05) is 55.5 Å². The molecule has 0 fully saturated rings. The van der Waals surface area contributed by atoms with E-state index in [1.165, 1.54) is 6.08 Å². The smallest absolute Gasteiger partial charge is 0.243 e. The standard InChI is InChI=1S/C19H21N3O3/c1-3-19(23)20-13-14-25-18-11-7-16(8-12-18)22-21-15-5-9-17(10-6-15)24-4-2/h3,5-12H,1,4,13-14H2,2H3,(H,20,23). The van der Waals surface area contributed by atoms with E-state index in [-0.39, 0.29) is 5.91 Å². The molecule has 0 spiro atoms. The van der Waals surface area contributed by atoms with Gasteiger partial charge in [0.1, 0.15) is 18.1 Å². The summed E-state index contributed by atoms with van der Waals surface area (Å²) in [5.41, 5.74) is 1.47. The van der Waals surface area contributed by atoms with Gasteiger partial charge in [-0.15, -0.1) is 0 Å². The SMILES string of the molecule is C=CC(=O)NCCOc1ccc(N=Nc2ccc(OCC)cc2)cc1. The van der Waals surface area contributed by atoms with Crippen molar-refractivity contribution in [2.75, 3.05) is 19.8 Å². The Morgan fingerprint density at radius 3 is 2.00 bits per heavy atom. The number of carbonyl (C=O) groups excluding carboxylic acids is 1. The fourth-order valence-corrected chi connectivity index (χ4v) is 1.92. The van der Waals surface area contributed by atoms with Gasteiger partial charge in [0.05, 0.1) is 24.5 Å². The van der Waals surface area contributed by atoms with Gasteiger partial charge in [-0.3, -0.25) is 4.79 Å². The molecule has 0 unspecified atom stereocenters. The second kappa shape index (κ2) is 9.87. The van der Waals surface area contributed by atoms with Gasteiger partial charge < -0.3 is 14.8 Å². The van der Waals surface area contributed by atoms with E-state index in [4.69, 9.17) is 9.47 Å². The highest BCUT2D eigenvalue weighted by Gasteiger charge is 1.97. The largest absolute Gasteiger partial charge is 0.494 e. The number of carbonyl (C=O) groups is 1. The molecule has 130 valence electrons. The average Bonchev–Trinajstić information content (AvgIpc) is 2.65. The summed E-state index contributed by atoms with van der Waals surface area (Å²) in [6.07, 6.45) is 1.23. The molecule has 6 nitrogen and oxygen atoms in total. The highest BCUT2D eigenvalue weighted by molar-refractivity contribution is 5.86. The average molecular weight is 339 g/mol. The van der Waals surface area contributed by atoms with E-state index < -0.39 is 0 Å². The van der Waals surface area contributed by atoms with Crippen LogP contribution in [0.1, 0.15) is 6.92 Å². The molecule has 0 heterocycles. The summed E-state index contributed by atoms with van der Waals surface area (Å²) < 4.78 is 10.9. The first-order valence-electron chi connectivity index (χ1n) is 7.99.